The van der Waals surface area contributed by atoms with Gasteiger partial charge in [0, 0.05) is 10.6 Å². The van der Waals surface area contributed by atoms with Crippen molar-refractivity contribution in [1.82, 2.24) is 9.88 Å². The molecule has 2 heterocycles. The summed E-state index contributed by atoms with van der Waals surface area (Å²) in [6.07, 6.45) is 2.92. The smallest absolute Gasteiger partial charge is 0.333 e. The number of hydrogen-bond acceptors (Lipinski definition) is 6. The Kier molecular flexibility index (Phi) is 5.45. The monoisotopic (exact) mass is 378 g/mol. The number of aromatic nitrogens is 1. The van der Waals surface area contributed by atoms with E-state index in [1.807, 2.05) is 12.1 Å². The first-order valence-electron chi connectivity index (χ1n) is 7.59. The highest BCUT2D eigenvalue weighted by molar-refractivity contribution is 8.04. The van der Waals surface area contributed by atoms with E-state index >= 15 is 0 Å². The summed E-state index contributed by atoms with van der Waals surface area (Å²) in [6, 6.07) is 7.19. The number of benzene rings is 1. The van der Waals surface area contributed by atoms with E-state index < -0.39 is 5.97 Å². The normalized spacial score (nSPS) is 15.8. The van der Waals surface area contributed by atoms with Crippen molar-refractivity contribution in [3.8, 4) is 11.3 Å². The van der Waals surface area contributed by atoms with Crippen molar-refractivity contribution in [3.63, 3.8) is 0 Å². The molecule has 0 unspecified atom stereocenters. The molecule has 3 rings (SSSR count). The van der Waals surface area contributed by atoms with Crippen LogP contribution in [0.15, 0.2) is 46.0 Å². The van der Waals surface area contributed by atoms with E-state index in [1.54, 1.807) is 25.3 Å². The van der Waals surface area contributed by atoms with Crippen LogP contribution in [0.4, 0.5) is 0 Å². The standard InChI is InChI=1S/C17H15ClN2O4S/c1-2-23-17(22)7-16-20(15(21)10-25-16)9-14-19-8-13(24-14)11-3-5-12(18)6-4-11/h3-8H,2,9-10H2,1H3/b16-7-. The molecule has 0 radical (unpaired) electrons. The van der Waals surface area contributed by atoms with Gasteiger partial charge in [0.25, 0.3) is 0 Å². The SMILES string of the molecule is CCOC(=O)/C=C1\SCC(=O)N1Cc1ncc(-c2ccc(Cl)cc2)o1. The van der Waals surface area contributed by atoms with Gasteiger partial charge in [-0.1, -0.05) is 23.4 Å². The molecule has 0 saturated carbocycles. The van der Waals surface area contributed by atoms with Crippen LogP contribution < -0.4 is 0 Å². The third-order valence-electron chi connectivity index (χ3n) is 3.41. The van der Waals surface area contributed by atoms with Crippen LogP contribution in [0.25, 0.3) is 11.3 Å². The summed E-state index contributed by atoms with van der Waals surface area (Å²) < 4.78 is 10.6. The van der Waals surface area contributed by atoms with Crippen LogP contribution in [0.1, 0.15) is 12.8 Å². The highest BCUT2D eigenvalue weighted by Crippen LogP contribution is 2.31. The molecular weight excluding hydrogens is 364 g/mol. The van der Waals surface area contributed by atoms with Crippen molar-refractivity contribution in [1.29, 1.82) is 0 Å². The zero-order valence-corrected chi connectivity index (χ0v) is 15.0. The Hall–Kier alpha value is -2.25. The molecule has 25 heavy (non-hydrogen) atoms. The number of halogens is 1. The number of ether oxygens (including phenoxy) is 1. The lowest BCUT2D eigenvalue weighted by Gasteiger charge is -2.14. The highest BCUT2D eigenvalue weighted by atomic mass is 35.5. The fourth-order valence-electron chi connectivity index (χ4n) is 2.25. The largest absolute Gasteiger partial charge is 0.463 e. The average Bonchev–Trinajstić information content (AvgIpc) is 3.18. The van der Waals surface area contributed by atoms with Crippen molar-refractivity contribution in [2.75, 3.05) is 12.4 Å². The van der Waals surface area contributed by atoms with Crippen molar-refractivity contribution in [2.24, 2.45) is 0 Å². The van der Waals surface area contributed by atoms with Gasteiger partial charge in [0.1, 0.15) is 6.54 Å². The first-order valence-corrected chi connectivity index (χ1v) is 8.95. The molecule has 1 aliphatic heterocycles. The summed E-state index contributed by atoms with van der Waals surface area (Å²) in [4.78, 5) is 29.4. The number of carbonyl (C=O) groups excluding carboxylic acids is 2. The van der Waals surface area contributed by atoms with E-state index in [4.69, 9.17) is 20.8 Å². The minimum Gasteiger partial charge on any atom is -0.463 e. The van der Waals surface area contributed by atoms with Gasteiger partial charge in [-0.15, -0.1) is 0 Å². The maximum absolute atomic E-state index is 12.1. The lowest BCUT2D eigenvalue weighted by molar-refractivity contribution is -0.137. The third kappa shape index (κ3) is 4.24. The van der Waals surface area contributed by atoms with E-state index in [0.29, 0.717) is 21.7 Å². The fourth-order valence-corrected chi connectivity index (χ4v) is 3.31. The van der Waals surface area contributed by atoms with Gasteiger partial charge < -0.3 is 9.15 Å². The van der Waals surface area contributed by atoms with Crippen molar-refractivity contribution in [2.45, 2.75) is 13.5 Å². The van der Waals surface area contributed by atoms with Gasteiger partial charge in [-0.05, 0) is 31.2 Å². The molecule has 0 bridgehead atoms. The second-order valence-corrected chi connectivity index (χ2v) is 6.56. The fraction of sp³-hybridized carbons (Fsp3) is 0.235. The molecule has 0 atom stereocenters. The van der Waals surface area contributed by atoms with Crippen molar-refractivity contribution in [3.05, 3.63) is 52.5 Å². The van der Waals surface area contributed by atoms with Crippen LogP contribution in [-0.2, 0) is 20.9 Å². The average molecular weight is 379 g/mol. The Labute approximate surface area is 153 Å². The van der Waals surface area contributed by atoms with E-state index in [-0.39, 0.29) is 24.8 Å². The molecule has 2 aromatic rings. The molecule has 0 spiro atoms. The Balaban J connectivity index is 1.75. The van der Waals surface area contributed by atoms with Gasteiger partial charge >= 0.3 is 5.97 Å². The molecule has 1 aromatic heterocycles. The molecule has 130 valence electrons. The zero-order valence-electron chi connectivity index (χ0n) is 13.4. The zero-order chi connectivity index (χ0) is 17.8. The molecular formula is C17H15ClN2O4S. The molecule has 1 fully saturated rings. The Bertz CT molecular complexity index is 816. The van der Waals surface area contributed by atoms with Gasteiger partial charge in [0.15, 0.2) is 5.76 Å². The van der Waals surface area contributed by atoms with Gasteiger partial charge in [0.2, 0.25) is 11.8 Å². The summed E-state index contributed by atoms with van der Waals surface area (Å²) in [5, 5.41) is 1.17. The van der Waals surface area contributed by atoms with Crippen molar-refractivity contribution < 1.29 is 18.7 Å². The highest BCUT2D eigenvalue weighted by Gasteiger charge is 2.29. The molecule has 1 aliphatic rings. The summed E-state index contributed by atoms with van der Waals surface area (Å²) in [6.45, 7) is 2.17. The Morgan fingerprint density at radius 2 is 2.20 bits per heavy atom. The van der Waals surface area contributed by atoms with Crippen LogP contribution in [0, 0.1) is 0 Å². The predicted octanol–water partition coefficient (Wildman–Crippen LogP) is 3.47. The molecule has 0 aliphatic carbocycles. The number of esters is 1. The van der Waals surface area contributed by atoms with Gasteiger partial charge in [0.05, 0.1) is 29.7 Å². The number of hydrogen-bond donors (Lipinski definition) is 0. The van der Waals surface area contributed by atoms with E-state index in [0.717, 1.165) is 5.56 Å². The first-order chi connectivity index (χ1) is 12.1. The number of nitrogens with zero attached hydrogens (tertiary/aromatic N) is 2. The van der Waals surface area contributed by atoms with E-state index in [2.05, 4.69) is 4.98 Å². The van der Waals surface area contributed by atoms with Crippen LogP contribution >= 0.6 is 23.4 Å². The third-order valence-corrected chi connectivity index (χ3v) is 4.69. The second-order valence-electron chi connectivity index (χ2n) is 5.13. The number of carbonyl (C=O) groups is 2. The quantitative estimate of drug-likeness (QED) is 0.586. The molecule has 1 saturated heterocycles. The Morgan fingerprint density at radius 1 is 1.44 bits per heavy atom. The molecule has 1 aromatic carbocycles. The van der Waals surface area contributed by atoms with Crippen LogP contribution in [-0.4, -0.2) is 34.1 Å². The summed E-state index contributed by atoms with van der Waals surface area (Å²) in [7, 11) is 0. The second kappa shape index (κ2) is 7.76. The lowest BCUT2D eigenvalue weighted by Crippen LogP contribution is -2.24. The Morgan fingerprint density at radius 3 is 2.92 bits per heavy atom. The predicted molar refractivity (Wildman–Crippen MR) is 94.7 cm³/mol. The van der Waals surface area contributed by atoms with Crippen LogP contribution in [0.3, 0.4) is 0 Å². The molecule has 1 amide bonds. The van der Waals surface area contributed by atoms with Gasteiger partial charge in [-0.25, -0.2) is 9.78 Å². The summed E-state index contributed by atoms with van der Waals surface area (Å²) in [5.41, 5.74) is 0.840. The van der Waals surface area contributed by atoms with Crippen LogP contribution in [0.2, 0.25) is 5.02 Å². The molecule has 6 nitrogen and oxygen atoms in total. The molecule has 0 N–H and O–H groups in total. The maximum atomic E-state index is 12.1. The number of thioether (sulfide) groups is 1. The topological polar surface area (TPSA) is 72.6 Å². The minimum absolute atomic E-state index is 0.105. The van der Waals surface area contributed by atoms with E-state index in [1.165, 1.54) is 22.7 Å². The first kappa shape index (κ1) is 17.6. The van der Waals surface area contributed by atoms with Crippen molar-refractivity contribution >= 4 is 35.2 Å². The number of amides is 1. The number of rotatable bonds is 5. The minimum atomic E-state index is -0.473. The number of oxazole rings is 1. The van der Waals surface area contributed by atoms with Gasteiger partial charge in [-0.2, -0.15) is 0 Å². The van der Waals surface area contributed by atoms with Crippen LogP contribution in [0.5, 0.6) is 0 Å². The lowest BCUT2D eigenvalue weighted by atomic mass is 10.2. The van der Waals surface area contributed by atoms with Gasteiger partial charge in [-0.3, -0.25) is 9.69 Å². The summed E-state index contributed by atoms with van der Waals surface area (Å²) in [5.74, 6) is 0.666. The molecule has 8 heteroatoms. The summed E-state index contributed by atoms with van der Waals surface area (Å²) >= 11 is 7.17. The maximum Gasteiger partial charge on any atom is 0.333 e. The van der Waals surface area contributed by atoms with E-state index in [9.17, 15) is 9.59 Å².